The van der Waals surface area contributed by atoms with Gasteiger partial charge in [-0.1, -0.05) is 0 Å². The molecule has 40 heavy (non-hydrogen) atoms. The van der Waals surface area contributed by atoms with Gasteiger partial charge in [0.15, 0.2) is 11.7 Å². The number of aliphatic hydroxyl groups is 4. The molecule has 18 nitrogen and oxygen atoms in total. The van der Waals surface area contributed by atoms with Gasteiger partial charge in [-0.15, -0.1) is 0 Å². The molecule has 0 saturated carbocycles. The van der Waals surface area contributed by atoms with Gasteiger partial charge in [-0.2, -0.15) is 18.8 Å². The second-order valence-corrected chi connectivity index (χ2v) is 13.1. The first-order valence-electron chi connectivity index (χ1n) is 12.7. The summed E-state index contributed by atoms with van der Waals surface area (Å²) in [5.74, 6) is 0.396. The monoisotopic (exact) mass is 610 g/mol. The molecule has 0 radical (unpaired) electrons. The fourth-order valence-electron chi connectivity index (χ4n) is 5.34. The summed E-state index contributed by atoms with van der Waals surface area (Å²) in [4.78, 5) is 55.8. The molecular weight excluding hydrogens is 580 g/mol. The average molecular weight is 610 g/mol. The van der Waals surface area contributed by atoms with Gasteiger partial charge in [0.2, 0.25) is 12.2 Å². The second-order valence-electron chi connectivity index (χ2n) is 10.1. The molecule has 7 rings (SSSR count). The highest BCUT2D eigenvalue weighted by Gasteiger charge is 2.53. The van der Waals surface area contributed by atoms with Crippen LogP contribution in [0.15, 0.2) is 12.5 Å². The van der Waals surface area contributed by atoms with E-state index in [4.69, 9.17) is 23.5 Å². The summed E-state index contributed by atoms with van der Waals surface area (Å²) < 4.78 is 28.2. The molecule has 2 aromatic heterocycles. The fourth-order valence-corrected chi connectivity index (χ4v) is 7.43. The number of phosphoric ester groups is 2. The van der Waals surface area contributed by atoms with Crippen LogP contribution in [0.25, 0.3) is 11.2 Å². The van der Waals surface area contributed by atoms with Gasteiger partial charge in [0, 0.05) is 17.4 Å². The Hall–Kier alpha value is -1.31. The van der Waals surface area contributed by atoms with E-state index in [1.807, 2.05) is 4.90 Å². The molecule has 222 valence electrons. The van der Waals surface area contributed by atoms with E-state index in [2.05, 4.69) is 9.29 Å². The highest BCUT2D eigenvalue weighted by molar-refractivity contribution is 7.66. The van der Waals surface area contributed by atoms with Crippen molar-refractivity contribution in [3.05, 3.63) is 12.5 Å². The zero-order chi connectivity index (χ0) is 28.4. The smallest absolute Gasteiger partial charge is 0.434 e. The van der Waals surface area contributed by atoms with E-state index in [1.165, 1.54) is 21.7 Å². The lowest BCUT2D eigenvalue weighted by Gasteiger charge is -2.29. The molecule has 6 N–H and O–H groups in total. The Morgan fingerprint density at radius 3 is 2.17 bits per heavy atom. The zero-order valence-corrected chi connectivity index (χ0v) is 22.7. The van der Waals surface area contributed by atoms with E-state index in [-0.39, 0.29) is 5.65 Å². The predicted octanol–water partition coefficient (Wildman–Crippen LogP) is -3.93. The molecule has 2 unspecified atom stereocenters. The number of hydrogen-bond acceptors (Lipinski definition) is 16. The topological polar surface area (TPSA) is 251 Å². The normalized spacial score (nSPS) is 43.0. The molecule has 0 aliphatic carbocycles. The lowest BCUT2D eigenvalue weighted by Crippen LogP contribution is -2.46. The summed E-state index contributed by atoms with van der Waals surface area (Å²) >= 11 is 0. The lowest BCUT2D eigenvalue weighted by atomic mass is 10.1. The van der Waals surface area contributed by atoms with Crippen LogP contribution >= 0.6 is 16.3 Å². The highest BCUT2D eigenvalue weighted by Crippen LogP contribution is 2.65. The second kappa shape index (κ2) is 10.8. The number of aliphatic hydroxyl groups excluding tert-OH is 4. The van der Waals surface area contributed by atoms with Crippen molar-refractivity contribution in [3.63, 3.8) is 0 Å². The minimum Gasteiger partial charge on any atom is -0.603 e. The Kier molecular flexibility index (Phi) is 7.74. The molecule has 10 atom stereocenters. The third-order valence-corrected chi connectivity index (χ3v) is 9.95. The number of ether oxygens (including phenoxy) is 2. The van der Waals surface area contributed by atoms with Crippen LogP contribution in [0.5, 0.6) is 0 Å². The first-order valence-corrected chi connectivity index (χ1v) is 15.7. The Morgan fingerprint density at radius 2 is 1.50 bits per heavy atom. The molecule has 3 fully saturated rings. The van der Waals surface area contributed by atoms with Crippen LogP contribution in [-0.4, -0.2) is 108 Å². The number of fused-ring (bicyclic) bond motifs is 7. The van der Waals surface area contributed by atoms with Gasteiger partial charge in [0.1, 0.15) is 56.0 Å². The van der Waals surface area contributed by atoms with Crippen molar-refractivity contribution in [2.45, 2.75) is 68.3 Å². The van der Waals surface area contributed by atoms with Crippen molar-refractivity contribution in [3.8, 4) is 0 Å². The highest BCUT2D eigenvalue weighted by atomic mass is 31.3. The standard InChI is InChI=1S/C20H29N5O13P2/c26-13-11-7-34-39(30,31)38-40(32,33)35-8-12-14(27)16(29)19(37-12)25-17-10(22-20(25)23-4-2-1-3-5-23)6-24(9-21-17)18(36-11)15(13)28/h6,9,11-16,18-19,26-29H,1-5,7-8H2,(H-,30,31,32,33)/p+1/t11-,12-,13-,14-,15-,16-,18-,19-/m1/s1. The maximum atomic E-state index is 12.4. The summed E-state index contributed by atoms with van der Waals surface area (Å²) in [6.07, 6.45) is -5.73. The van der Waals surface area contributed by atoms with E-state index in [0.717, 1.165) is 19.3 Å². The number of nitrogens with zero attached hydrogens (tertiary/aromatic N) is 5. The number of imidazole rings is 1. The predicted molar refractivity (Wildman–Crippen MR) is 127 cm³/mol. The molecule has 0 amide bonds. The van der Waals surface area contributed by atoms with Crippen molar-refractivity contribution in [1.29, 1.82) is 0 Å². The van der Waals surface area contributed by atoms with Crippen LogP contribution in [0, 0.1) is 0 Å². The van der Waals surface area contributed by atoms with Gasteiger partial charge < -0.3 is 44.6 Å². The Bertz CT molecular complexity index is 1230. The summed E-state index contributed by atoms with van der Waals surface area (Å²) in [7, 11) is -10.5. The Morgan fingerprint density at radius 1 is 0.875 bits per heavy atom. The third-order valence-electron chi connectivity index (χ3n) is 7.35. The van der Waals surface area contributed by atoms with Crippen molar-refractivity contribution in [2.75, 3.05) is 31.2 Å². The number of hydrogen-bond donors (Lipinski definition) is 6. The maximum absolute atomic E-state index is 12.4. The van der Waals surface area contributed by atoms with Gasteiger partial charge in [-0.3, -0.25) is 0 Å². The van der Waals surface area contributed by atoms with Gasteiger partial charge in [0.05, 0.1) is 0 Å². The zero-order valence-electron chi connectivity index (χ0n) is 20.9. The first kappa shape index (κ1) is 28.8. The van der Waals surface area contributed by atoms with Crippen LogP contribution in [0.2, 0.25) is 0 Å². The lowest BCUT2D eigenvalue weighted by molar-refractivity contribution is -0.767. The largest absolute Gasteiger partial charge is 0.603 e. The number of aromatic nitrogens is 4. The molecule has 8 bridgehead atoms. The number of rotatable bonds is 1. The minimum atomic E-state index is -5.26. The summed E-state index contributed by atoms with van der Waals surface area (Å²) in [5, 5.41) is 42.8. The summed E-state index contributed by atoms with van der Waals surface area (Å²) in [5.41, 5.74) is 0.577. The minimum absolute atomic E-state index is 0.265. The molecule has 7 heterocycles. The van der Waals surface area contributed by atoms with E-state index in [1.54, 1.807) is 0 Å². The third kappa shape index (κ3) is 5.32. The molecule has 2 aromatic rings. The Labute approximate surface area is 227 Å². The van der Waals surface area contributed by atoms with E-state index < -0.39 is 78.6 Å². The summed E-state index contributed by atoms with van der Waals surface area (Å²) in [6.45, 7) is -0.289. The van der Waals surface area contributed by atoms with E-state index in [9.17, 15) is 40.0 Å². The Balaban J connectivity index is 1.44. The molecule has 20 heteroatoms. The van der Waals surface area contributed by atoms with Gasteiger partial charge in [-0.05, 0) is 24.2 Å². The van der Waals surface area contributed by atoms with Crippen LogP contribution < -0.4 is 19.3 Å². The molecule has 5 aliphatic rings. The van der Waals surface area contributed by atoms with Crippen molar-refractivity contribution in [2.24, 2.45) is 0 Å². The van der Waals surface area contributed by atoms with Crippen molar-refractivity contribution in [1.82, 2.24) is 14.5 Å². The van der Waals surface area contributed by atoms with Crippen LogP contribution in [0.4, 0.5) is 5.95 Å². The van der Waals surface area contributed by atoms with Crippen LogP contribution in [-0.2, 0) is 22.8 Å². The van der Waals surface area contributed by atoms with Gasteiger partial charge in [-0.25, -0.2) is 14.1 Å². The maximum Gasteiger partial charge on any atom is 0.434 e. The number of phosphoric acid groups is 2. The SMILES string of the molecule is [O-][P+]1(O)OC[C@H]2O[C@H]([C@H](O)[C@@H]2O)n2c(N3CCCCC3)nc3c[n+](cnc32)[C@@H]2O[C@H](CO[P+]([O-])(O)O1)[C@@H](O)[C@H]2O. The van der Waals surface area contributed by atoms with Crippen LogP contribution in [0.3, 0.4) is 0 Å². The first-order chi connectivity index (χ1) is 18.9. The molecule has 0 aromatic carbocycles. The van der Waals surface area contributed by atoms with E-state index >= 15 is 0 Å². The van der Waals surface area contributed by atoms with Gasteiger partial charge >= 0.3 is 16.3 Å². The van der Waals surface area contributed by atoms with Crippen LogP contribution in [0.1, 0.15) is 31.7 Å². The fraction of sp³-hybridized carbons (Fsp3) is 0.750. The van der Waals surface area contributed by atoms with Gasteiger partial charge in [0.25, 0.3) is 12.0 Å². The number of anilines is 1. The molecule has 0 spiro atoms. The van der Waals surface area contributed by atoms with E-state index in [0.29, 0.717) is 24.6 Å². The van der Waals surface area contributed by atoms with Crippen molar-refractivity contribution >= 4 is 33.5 Å². The summed E-state index contributed by atoms with van der Waals surface area (Å²) in [6, 6.07) is 0. The van der Waals surface area contributed by atoms with Crippen molar-refractivity contribution < 1.29 is 67.4 Å². The molecule has 5 aliphatic heterocycles. The quantitative estimate of drug-likeness (QED) is 0.133. The molecule has 3 saturated heterocycles. The average Bonchev–Trinajstić information content (AvgIpc) is 3.52. The molecular formula is C20H30N5O13P2+. The number of piperidine rings is 1.